The average Bonchev–Trinajstić information content (AvgIpc) is 2.26. The van der Waals surface area contributed by atoms with Crippen LogP contribution in [-0.4, -0.2) is 5.78 Å². The number of halogens is 2. The van der Waals surface area contributed by atoms with Crippen molar-refractivity contribution in [1.82, 2.24) is 0 Å². The van der Waals surface area contributed by atoms with Gasteiger partial charge in [-0.15, -0.1) is 0 Å². The van der Waals surface area contributed by atoms with Crippen LogP contribution in [0.4, 0.5) is 0 Å². The van der Waals surface area contributed by atoms with E-state index in [1.807, 2.05) is 13.8 Å². The van der Waals surface area contributed by atoms with E-state index in [-0.39, 0.29) is 5.78 Å². The van der Waals surface area contributed by atoms with Crippen LogP contribution in [-0.2, 0) is 6.42 Å². The lowest BCUT2D eigenvalue weighted by Gasteiger charge is -2.06. The van der Waals surface area contributed by atoms with Crippen molar-refractivity contribution in [2.24, 2.45) is 0 Å². The highest BCUT2D eigenvalue weighted by Crippen LogP contribution is 2.23. The van der Waals surface area contributed by atoms with E-state index in [0.29, 0.717) is 17.0 Å². The topological polar surface area (TPSA) is 17.1 Å². The van der Waals surface area contributed by atoms with Crippen molar-refractivity contribution >= 4 is 33.3 Å². The number of carbonyl (C=O) groups excluding carboxylic acids is 1. The third-order valence-corrected chi connectivity index (χ3v) is 3.77. The van der Waals surface area contributed by atoms with Gasteiger partial charge in [0, 0.05) is 21.5 Å². The van der Waals surface area contributed by atoms with Gasteiger partial charge in [0.1, 0.15) is 0 Å². The summed E-state index contributed by atoms with van der Waals surface area (Å²) in [7, 11) is 0. The third kappa shape index (κ3) is 3.68. The Balaban J connectivity index is 2.25. The molecule has 0 fully saturated rings. The molecule has 0 amide bonds. The van der Waals surface area contributed by atoms with E-state index in [1.165, 1.54) is 11.1 Å². The summed E-state index contributed by atoms with van der Waals surface area (Å²) in [5, 5.41) is 0.620. The molecule has 3 heteroatoms. The molecule has 0 unspecified atom stereocenters. The molecule has 0 saturated heterocycles. The minimum absolute atomic E-state index is 0.0912. The lowest BCUT2D eigenvalue weighted by atomic mass is 10.00. The van der Waals surface area contributed by atoms with E-state index < -0.39 is 0 Å². The second-order valence-electron chi connectivity index (χ2n) is 4.72. The molecular formula is C16H14BrClO. The Morgan fingerprint density at radius 2 is 1.74 bits per heavy atom. The number of benzene rings is 2. The van der Waals surface area contributed by atoms with Crippen LogP contribution < -0.4 is 0 Å². The Morgan fingerprint density at radius 3 is 2.32 bits per heavy atom. The predicted molar refractivity (Wildman–Crippen MR) is 83.1 cm³/mol. The number of rotatable bonds is 3. The maximum Gasteiger partial charge on any atom is 0.168 e. The van der Waals surface area contributed by atoms with E-state index in [2.05, 4.69) is 34.1 Å². The van der Waals surface area contributed by atoms with Gasteiger partial charge in [0.25, 0.3) is 0 Å². The molecule has 2 rings (SSSR count). The average molecular weight is 338 g/mol. The highest BCUT2D eigenvalue weighted by molar-refractivity contribution is 9.10. The van der Waals surface area contributed by atoms with Crippen LogP contribution in [0.2, 0.25) is 5.02 Å². The molecule has 0 N–H and O–H groups in total. The molecule has 98 valence electrons. The van der Waals surface area contributed by atoms with Gasteiger partial charge in [0.05, 0.1) is 0 Å². The van der Waals surface area contributed by atoms with Gasteiger partial charge in [0.2, 0.25) is 0 Å². The first-order valence-corrected chi connectivity index (χ1v) is 7.18. The van der Waals surface area contributed by atoms with E-state index in [9.17, 15) is 4.79 Å². The minimum Gasteiger partial charge on any atom is -0.294 e. The SMILES string of the molecule is Cc1cc(C)cc(CC(=O)c2ccc(Cl)cc2Br)c1. The number of Topliss-reactive ketones (excluding diaryl/α,β-unsaturated/α-hetero) is 1. The molecule has 0 atom stereocenters. The molecular weight excluding hydrogens is 324 g/mol. The van der Waals surface area contributed by atoms with Gasteiger partial charge in [-0.3, -0.25) is 4.79 Å². The van der Waals surface area contributed by atoms with Gasteiger partial charge in [-0.2, -0.15) is 0 Å². The Hall–Kier alpha value is -1.12. The van der Waals surface area contributed by atoms with Gasteiger partial charge in [-0.25, -0.2) is 0 Å². The molecule has 0 saturated carbocycles. The zero-order valence-electron chi connectivity index (χ0n) is 10.8. The van der Waals surface area contributed by atoms with Gasteiger partial charge < -0.3 is 0 Å². The Kier molecular flexibility index (Phi) is 4.43. The van der Waals surface area contributed by atoms with Crippen LogP contribution in [0, 0.1) is 13.8 Å². The summed E-state index contributed by atoms with van der Waals surface area (Å²) < 4.78 is 0.745. The predicted octanol–water partition coefficient (Wildman–Crippen LogP) is 5.14. The molecule has 0 bridgehead atoms. The van der Waals surface area contributed by atoms with Gasteiger partial charge in [0.15, 0.2) is 5.78 Å². The van der Waals surface area contributed by atoms with Crippen molar-refractivity contribution < 1.29 is 4.79 Å². The Bertz CT molecular complexity index is 614. The zero-order chi connectivity index (χ0) is 14.0. The van der Waals surface area contributed by atoms with Gasteiger partial charge >= 0.3 is 0 Å². The van der Waals surface area contributed by atoms with Crippen molar-refractivity contribution in [1.29, 1.82) is 0 Å². The van der Waals surface area contributed by atoms with Gasteiger partial charge in [-0.1, -0.05) is 40.9 Å². The fourth-order valence-corrected chi connectivity index (χ4v) is 3.07. The summed E-state index contributed by atoms with van der Waals surface area (Å²) >= 11 is 9.27. The second-order valence-corrected chi connectivity index (χ2v) is 6.01. The standard InChI is InChI=1S/C16H14BrClO/c1-10-5-11(2)7-12(6-10)8-16(19)14-4-3-13(18)9-15(14)17/h3-7,9H,8H2,1-2H3. The van der Waals surface area contributed by atoms with Crippen LogP contribution in [0.3, 0.4) is 0 Å². The molecule has 0 spiro atoms. The van der Waals surface area contributed by atoms with Gasteiger partial charge in [-0.05, 0) is 53.5 Å². The van der Waals surface area contributed by atoms with Crippen molar-refractivity contribution in [3.63, 3.8) is 0 Å². The van der Waals surface area contributed by atoms with E-state index in [0.717, 1.165) is 10.0 Å². The first-order valence-electron chi connectivity index (χ1n) is 6.01. The molecule has 19 heavy (non-hydrogen) atoms. The molecule has 0 aliphatic carbocycles. The molecule has 0 aliphatic heterocycles. The number of carbonyl (C=O) groups is 1. The minimum atomic E-state index is 0.0912. The number of hydrogen-bond acceptors (Lipinski definition) is 1. The van der Waals surface area contributed by atoms with Crippen molar-refractivity contribution in [2.75, 3.05) is 0 Å². The lowest BCUT2D eigenvalue weighted by Crippen LogP contribution is -2.05. The fraction of sp³-hybridized carbons (Fsp3) is 0.188. The zero-order valence-corrected chi connectivity index (χ0v) is 13.2. The number of aryl methyl sites for hydroxylation is 2. The summed E-state index contributed by atoms with van der Waals surface area (Å²) in [6, 6.07) is 11.4. The largest absolute Gasteiger partial charge is 0.294 e. The van der Waals surface area contributed by atoms with Crippen LogP contribution in [0.5, 0.6) is 0 Å². The third-order valence-electron chi connectivity index (χ3n) is 2.88. The van der Waals surface area contributed by atoms with Crippen molar-refractivity contribution in [3.05, 3.63) is 68.1 Å². The van der Waals surface area contributed by atoms with E-state index >= 15 is 0 Å². The molecule has 0 aliphatic rings. The molecule has 0 heterocycles. The molecule has 2 aromatic carbocycles. The normalized spacial score (nSPS) is 10.5. The van der Waals surface area contributed by atoms with E-state index in [4.69, 9.17) is 11.6 Å². The summed E-state index contributed by atoms with van der Waals surface area (Å²) in [5.74, 6) is 0.0912. The first-order chi connectivity index (χ1) is 8.95. The smallest absolute Gasteiger partial charge is 0.168 e. The Morgan fingerprint density at radius 1 is 1.11 bits per heavy atom. The lowest BCUT2D eigenvalue weighted by molar-refractivity contribution is 0.0992. The molecule has 2 aromatic rings. The molecule has 0 radical (unpaired) electrons. The van der Waals surface area contributed by atoms with Crippen LogP contribution in [0.25, 0.3) is 0 Å². The highest BCUT2D eigenvalue weighted by Gasteiger charge is 2.11. The fourth-order valence-electron chi connectivity index (χ4n) is 2.17. The second kappa shape index (κ2) is 5.89. The summed E-state index contributed by atoms with van der Waals surface area (Å²) in [6.45, 7) is 4.08. The maximum atomic E-state index is 12.3. The van der Waals surface area contributed by atoms with Crippen LogP contribution in [0.15, 0.2) is 40.9 Å². The first kappa shape index (κ1) is 14.3. The number of hydrogen-bond donors (Lipinski definition) is 0. The highest BCUT2D eigenvalue weighted by atomic mass is 79.9. The quantitative estimate of drug-likeness (QED) is 0.708. The van der Waals surface area contributed by atoms with E-state index in [1.54, 1.807) is 18.2 Å². The van der Waals surface area contributed by atoms with Crippen molar-refractivity contribution in [2.45, 2.75) is 20.3 Å². The van der Waals surface area contributed by atoms with Crippen molar-refractivity contribution in [3.8, 4) is 0 Å². The monoisotopic (exact) mass is 336 g/mol. The van der Waals surface area contributed by atoms with Crippen LogP contribution in [0.1, 0.15) is 27.0 Å². The summed E-state index contributed by atoms with van der Waals surface area (Å²) in [4.78, 5) is 12.3. The summed E-state index contributed by atoms with van der Waals surface area (Å²) in [6.07, 6.45) is 0.406. The maximum absolute atomic E-state index is 12.3. The summed E-state index contributed by atoms with van der Waals surface area (Å²) in [5.41, 5.74) is 4.07. The Labute approximate surface area is 126 Å². The molecule has 0 aromatic heterocycles. The number of ketones is 1. The van der Waals surface area contributed by atoms with Crippen LogP contribution >= 0.6 is 27.5 Å². The molecule has 1 nitrogen and oxygen atoms in total.